The van der Waals surface area contributed by atoms with Crippen molar-refractivity contribution in [1.82, 2.24) is 40.1 Å². The van der Waals surface area contributed by atoms with E-state index in [1.54, 1.807) is 13.2 Å². The largest absolute Gasteiger partial charge is 0.484 e. The Morgan fingerprint density at radius 3 is 2.35 bits per heavy atom. The smallest absolute Gasteiger partial charge is 0.320 e. The van der Waals surface area contributed by atoms with Crippen molar-refractivity contribution in [2.45, 2.75) is 109 Å². The van der Waals surface area contributed by atoms with E-state index in [4.69, 9.17) is 19.4 Å². The monoisotopic (exact) mass is 757 g/mol. The van der Waals surface area contributed by atoms with Gasteiger partial charge in [-0.25, -0.2) is 14.8 Å². The van der Waals surface area contributed by atoms with Gasteiger partial charge in [-0.1, -0.05) is 58.9 Å². The van der Waals surface area contributed by atoms with Gasteiger partial charge in [0, 0.05) is 49.7 Å². The number of aromatic nitrogens is 5. The number of hydrogen-bond acceptors (Lipinski definition) is 10. The Morgan fingerprint density at radius 1 is 1.00 bits per heavy atom. The Hall–Kier alpha value is -5.15. The highest BCUT2D eigenvalue weighted by Crippen LogP contribution is 2.39. The van der Waals surface area contributed by atoms with Crippen LogP contribution in [0.2, 0.25) is 0 Å². The van der Waals surface area contributed by atoms with Crippen molar-refractivity contribution in [1.29, 1.82) is 0 Å². The molecule has 6 rings (SSSR count). The van der Waals surface area contributed by atoms with Crippen LogP contribution in [-0.2, 0) is 14.9 Å². The number of nitrogens with one attached hydrogen (secondary N) is 3. The van der Waals surface area contributed by atoms with Crippen LogP contribution in [0.25, 0.3) is 5.65 Å². The number of carbonyl (C=O) groups excluding carboxylic acids is 2. The molecule has 4 heterocycles. The molecule has 4 aromatic rings. The third-order valence-electron chi connectivity index (χ3n) is 10.4. The summed E-state index contributed by atoms with van der Waals surface area (Å²) >= 11 is 0. The van der Waals surface area contributed by atoms with Crippen LogP contribution in [0.5, 0.6) is 5.75 Å². The molecule has 1 saturated heterocycles. The zero-order valence-electron chi connectivity index (χ0n) is 33.1. The number of hydrogen-bond donors (Lipinski definition) is 4. The number of rotatable bonds is 12. The number of likely N-dealkylation sites (tertiary alicyclic amines) is 1. The van der Waals surface area contributed by atoms with Gasteiger partial charge < -0.3 is 25.2 Å². The summed E-state index contributed by atoms with van der Waals surface area (Å²) in [7, 11) is 1.72. The van der Waals surface area contributed by atoms with Gasteiger partial charge in [-0.15, -0.1) is 10.2 Å². The second kappa shape index (κ2) is 17.5. The highest BCUT2D eigenvalue weighted by Gasteiger charge is 2.38. The van der Waals surface area contributed by atoms with E-state index >= 15 is 0 Å². The molecule has 1 aliphatic heterocycles. The molecule has 1 aliphatic carbocycles. The molecule has 0 spiro atoms. The van der Waals surface area contributed by atoms with Gasteiger partial charge in [0.05, 0.1) is 24.0 Å². The van der Waals surface area contributed by atoms with E-state index in [1.807, 2.05) is 61.7 Å². The average molecular weight is 758 g/mol. The number of carbonyl (C=O) groups is 3. The summed E-state index contributed by atoms with van der Waals surface area (Å²) in [5.41, 5.74) is 2.81. The topological polar surface area (TPSA) is 185 Å². The van der Waals surface area contributed by atoms with Crippen LogP contribution < -0.4 is 20.7 Å². The number of urea groups is 1. The zero-order chi connectivity index (χ0) is 39.9. The third kappa shape index (κ3) is 9.75. The number of fused-ring (bicyclic) bond motifs is 2. The van der Waals surface area contributed by atoms with Crippen molar-refractivity contribution in [2.75, 3.05) is 32.1 Å². The highest BCUT2D eigenvalue weighted by atomic mass is 16.5. The van der Waals surface area contributed by atoms with Crippen molar-refractivity contribution < 1.29 is 29.0 Å². The zero-order valence-corrected chi connectivity index (χ0v) is 33.1. The predicted molar refractivity (Wildman–Crippen MR) is 208 cm³/mol. The van der Waals surface area contributed by atoms with Gasteiger partial charge in [-0.05, 0) is 62.8 Å². The molecule has 1 aromatic carbocycles. The quantitative estimate of drug-likeness (QED) is 0.124. The van der Waals surface area contributed by atoms with E-state index in [0.717, 1.165) is 54.3 Å². The van der Waals surface area contributed by atoms with Gasteiger partial charge in [0.15, 0.2) is 5.65 Å². The number of amides is 3. The van der Waals surface area contributed by atoms with Crippen LogP contribution in [-0.4, -0.2) is 91.4 Å². The molecule has 1 fully saturated rings. The molecule has 2 atom stereocenters. The van der Waals surface area contributed by atoms with Crippen LogP contribution in [0, 0.1) is 0 Å². The van der Waals surface area contributed by atoms with E-state index in [9.17, 15) is 9.59 Å². The normalized spacial score (nSPS) is 17.4. The number of nitrogens with zero attached hydrogens (tertiary/aromatic N) is 6. The molecule has 3 amide bonds. The molecule has 15 nitrogen and oxygen atoms in total. The number of benzene rings is 1. The first-order valence-electron chi connectivity index (χ1n) is 18.9. The van der Waals surface area contributed by atoms with E-state index in [-0.39, 0.29) is 47.3 Å². The summed E-state index contributed by atoms with van der Waals surface area (Å²) in [6.45, 7) is 16.3. The van der Waals surface area contributed by atoms with E-state index in [2.05, 4.69) is 74.8 Å². The Labute approximate surface area is 322 Å². The minimum absolute atomic E-state index is 0.0107. The van der Waals surface area contributed by atoms with Crippen LogP contribution in [0.15, 0.2) is 48.7 Å². The molecule has 2 aliphatic rings. The molecular weight excluding hydrogens is 702 g/mol. The number of methoxy groups -OCH3 is 1. The Morgan fingerprint density at radius 2 is 1.69 bits per heavy atom. The second-order valence-corrected chi connectivity index (χ2v) is 15.7. The fourth-order valence-corrected chi connectivity index (χ4v) is 6.95. The lowest BCUT2D eigenvalue weighted by molar-refractivity contribution is -0.122. The molecular formula is C40H55N9O6. The number of anilines is 1. The SMILES string of the molecule is CCC(CC)c1nnc2ccc(O[C@@H]3CC[C@H](NC(=O)Nc4cc(C(C)(C)C)nc(C(=O)NCC(C)(C)N5CC(OC)C5)n4)c4ccccc43)cn12.O=CO. The molecule has 0 saturated carbocycles. The highest BCUT2D eigenvalue weighted by molar-refractivity contribution is 5.92. The van der Waals surface area contributed by atoms with Crippen LogP contribution >= 0.6 is 0 Å². The summed E-state index contributed by atoms with van der Waals surface area (Å²) in [6.07, 6.45) is 5.36. The first kappa shape index (κ1) is 41.0. The van der Waals surface area contributed by atoms with Crippen LogP contribution in [0.4, 0.5) is 10.6 Å². The van der Waals surface area contributed by atoms with Crippen molar-refractivity contribution in [2.24, 2.45) is 0 Å². The Kier molecular flexibility index (Phi) is 13.1. The molecule has 4 N–H and O–H groups in total. The van der Waals surface area contributed by atoms with Crippen molar-refractivity contribution >= 4 is 29.9 Å². The van der Waals surface area contributed by atoms with Crippen molar-refractivity contribution in [3.8, 4) is 5.75 Å². The molecule has 55 heavy (non-hydrogen) atoms. The van der Waals surface area contributed by atoms with E-state index < -0.39 is 11.9 Å². The summed E-state index contributed by atoms with van der Waals surface area (Å²) < 4.78 is 14.0. The van der Waals surface area contributed by atoms with E-state index in [1.165, 1.54) is 0 Å². The predicted octanol–water partition coefficient (Wildman–Crippen LogP) is 6.04. The van der Waals surface area contributed by atoms with Gasteiger partial charge in [0.25, 0.3) is 12.4 Å². The molecule has 0 bridgehead atoms. The number of pyridine rings is 1. The summed E-state index contributed by atoms with van der Waals surface area (Å²) in [6, 6.07) is 13.0. The summed E-state index contributed by atoms with van der Waals surface area (Å²) in [4.78, 5) is 46.6. The van der Waals surface area contributed by atoms with Gasteiger partial charge >= 0.3 is 6.03 Å². The van der Waals surface area contributed by atoms with E-state index in [0.29, 0.717) is 31.0 Å². The second-order valence-electron chi connectivity index (χ2n) is 15.7. The van der Waals surface area contributed by atoms with Crippen molar-refractivity contribution in [3.63, 3.8) is 0 Å². The molecule has 0 unspecified atom stereocenters. The van der Waals surface area contributed by atoms with Crippen LogP contribution in [0.1, 0.15) is 125 Å². The van der Waals surface area contributed by atoms with Crippen LogP contribution in [0.3, 0.4) is 0 Å². The maximum absolute atomic E-state index is 13.5. The number of carboxylic acid groups (broad SMARTS) is 1. The lowest BCUT2D eigenvalue weighted by atomic mass is 9.85. The molecule has 0 radical (unpaired) electrons. The standard InChI is InChI=1S/C39H53N9O4.CH2O2/c1-9-24(10-2)35-46-45-33-18-15-25(22-48(33)35)52-30-17-16-29(27-13-11-12-14-28(27)30)41-37(50)44-32-19-31(38(3,4)5)42-34(43-32)36(49)40-23-39(6,7)47-20-26(21-47)51-8;2-1-3/h11-15,18-19,22,24,26,29-30H,9-10,16-17,20-21,23H2,1-8H3,(H,40,49)(H2,41,42,43,44,50);1H,(H,2,3)/t29-,30+;/m0./s1. The van der Waals surface area contributed by atoms with Gasteiger partial charge in [0.1, 0.15) is 23.5 Å². The lowest BCUT2D eigenvalue weighted by Crippen LogP contribution is -2.63. The molecule has 3 aromatic heterocycles. The third-order valence-corrected chi connectivity index (χ3v) is 10.4. The van der Waals surface area contributed by atoms with Gasteiger partial charge in [-0.3, -0.25) is 24.2 Å². The van der Waals surface area contributed by atoms with Gasteiger partial charge in [-0.2, -0.15) is 0 Å². The maximum Gasteiger partial charge on any atom is 0.320 e. The average Bonchev–Trinajstić information content (AvgIpc) is 3.54. The lowest BCUT2D eigenvalue weighted by Gasteiger charge is -2.48. The minimum atomic E-state index is -0.414. The molecule has 15 heteroatoms. The maximum atomic E-state index is 13.5. The number of ether oxygens (including phenoxy) is 2. The van der Waals surface area contributed by atoms with Gasteiger partial charge in [0.2, 0.25) is 5.82 Å². The minimum Gasteiger partial charge on any atom is -0.484 e. The Bertz CT molecular complexity index is 1950. The first-order valence-corrected chi connectivity index (χ1v) is 18.9. The molecule has 296 valence electrons. The first-order chi connectivity index (χ1) is 26.2. The summed E-state index contributed by atoms with van der Waals surface area (Å²) in [5, 5.41) is 24.8. The fraction of sp³-hybridized carbons (Fsp3) is 0.525. The fourth-order valence-electron chi connectivity index (χ4n) is 6.95. The Balaban J connectivity index is 0.00000187. The summed E-state index contributed by atoms with van der Waals surface area (Å²) in [5.74, 6) is 1.89. The van der Waals surface area contributed by atoms with Crippen molar-refractivity contribution in [3.05, 3.63) is 77.1 Å².